The van der Waals surface area contributed by atoms with Gasteiger partial charge in [-0.1, -0.05) is 12.1 Å². The molecule has 0 bridgehead atoms. The van der Waals surface area contributed by atoms with Crippen LogP contribution >= 0.6 is 0 Å². The van der Waals surface area contributed by atoms with Crippen LogP contribution in [0, 0.1) is 6.92 Å². The molecule has 2 aliphatic heterocycles. The molecule has 2 atom stereocenters. The minimum absolute atomic E-state index is 0.0279. The maximum absolute atomic E-state index is 6.27. The molecule has 5 nitrogen and oxygen atoms in total. The predicted molar refractivity (Wildman–Crippen MR) is 95.0 cm³/mol. The molecule has 1 N–H and O–H groups in total. The van der Waals surface area contributed by atoms with Crippen LogP contribution in [0.4, 0.5) is 5.69 Å². The summed E-state index contributed by atoms with van der Waals surface area (Å²) in [6.45, 7) is 6.00. The second-order valence-corrected chi connectivity index (χ2v) is 7.37. The Labute approximate surface area is 143 Å². The average molecular weight is 326 g/mol. The molecular formula is C19H26N4O. The maximum atomic E-state index is 6.27. The molecule has 24 heavy (non-hydrogen) atoms. The Kier molecular flexibility index (Phi) is 4.06. The lowest BCUT2D eigenvalue weighted by molar-refractivity contribution is 0.0118. The Morgan fingerprint density at radius 2 is 2.33 bits per heavy atom. The molecule has 1 aromatic heterocycles. The summed E-state index contributed by atoms with van der Waals surface area (Å²) in [4.78, 5) is 6.71. The molecule has 3 heterocycles. The SMILES string of the molecule is Cc1cccc(N[C@H]2CO[C@@]3(CCN(Cc4cncn4C)C3)C2)c1. The van der Waals surface area contributed by atoms with E-state index in [1.165, 1.54) is 16.9 Å². The van der Waals surface area contributed by atoms with E-state index in [2.05, 4.69) is 58.0 Å². The van der Waals surface area contributed by atoms with Gasteiger partial charge in [-0.05, 0) is 31.0 Å². The third kappa shape index (κ3) is 3.19. The van der Waals surface area contributed by atoms with Gasteiger partial charge in [0.1, 0.15) is 0 Å². The number of ether oxygens (including phenoxy) is 1. The second-order valence-electron chi connectivity index (χ2n) is 7.37. The standard InChI is InChI=1S/C19H26N4O/c1-15-4-3-5-16(8-15)21-17-9-19(24-12-17)6-7-23(13-19)11-18-10-20-14-22(18)2/h3-5,8,10,14,17,21H,6-7,9,11-13H2,1-2H3/t17-,19+/m1/s1. The quantitative estimate of drug-likeness (QED) is 0.938. The Morgan fingerprint density at radius 1 is 1.42 bits per heavy atom. The van der Waals surface area contributed by atoms with Crippen LogP contribution < -0.4 is 5.32 Å². The van der Waals surface area contributed by atoms with Crippen molar-refractivity contribution in [1.82, 2.24) is 14.5 Å². The van der Waals surface area contributed by atoms with Crippen LogP contribution in [-0.4, -0.2) is 45.8 Å². The van der Waals surface area contributed by atoms with Gasteiger partial charge in [0.05, 0.1) is 30.3 Å². The third-order valence-corrected chi connectivity index (χ3v) is 5.30. The number of nitrogens with one attached hydrogen (secondary N) is 1. The van der Waals surface area contributed by atoms with Crippen LogP contribution in [0.25, 0.3) is 0 Å². The number of benzene rings is 1. The molecule has 2 fully saturated rings. The molecule has 2 saturated heterocycles. The van der Waals surface area contributed by atoms with Crippen molar-refractivity contribution < 1.29 is 4.74 Å². The molecular weight excluding hydrogens is 300 g/mol. The van der Waals surface area contributed by atoms with E-state index in [-0.39, 0.29) is 5.60 Å². The first kappa shape index (κ1) is 15.7. The molecule has 0 saturated carbocycles. The Balaban J connectivity index is 1.35. The summed E-state index contributed by atoms with van der Waals surface area (Å²) in [5.41, 5.74) is 3.78. The van der Waals surface area contributed by atoms with Crippen LogP contribution in [0.1, 0.15) is 24.1 Å². The van der Waals surface area contributed by atoms with Crippen molar-refractivity contribution >= 4 is 5.69 Å². The minimum atomic E-state index is 0.0279. The molecule has 0 aliphatic carbocycles. The zero-order valence-electron chi connectivity index (χ0n) is 14.5. The van der Waals surface area contributed by atoms with Crippen molar-refractivity contribution in [2.75, 3.05) is 25.0 Å². The highest BCUT2D eigenvalue weighted by Gasteiger charge is 2.45. The first-order chi connectivity index (χ1) is 11.6. The molecule has 2 aliphatic rings. The van der Waals surface area contributed by atoms with Gasteiger partial charge in [-0.2, -0.15) is 0 Å². The van der Waals surface area contributed by atoms with Gasteiger partial charge in [0.15, 0.2) is 0 Å². The highest BCUT2D eigenvalue weighted by atomic mass is 16.5. The molecule has 0 unspecified atom stereocenters. The number of rotatable bonds is 4. The van der Waals surface area contributed by atoms with E-state index in [9.17, 15) is 0 Å². The fourth-order valence-electron chi connectivity index (χ4n) is 4.02. The smallest absolute Gasteiger partial charge is 0.0945 e. The molecule has 1 aromatic carbocycles. The van der Waals surface area contributed by atoms with Crippen LogP contribution in [0.5, 0.6) is 0 Å². The fraction of sp³-hybridized carbons (Fsp3) is 0.526. The summed E-state index contributed by atoms with van der Waals surface area (Å²) in [7, 11) is 2.06. The molecule has 5 heteroatoms. The number of aromatic nitrogens is 2. The lowest BCUT2D eigenvalue weighted by Crippen LogP contribution is -2.33. The normalized spacial score (nSPS) is 27.2. The van der Waals surface area contributed by atoms with Gasteiger partial charge in [0, 0.05) is 45.0 Å². The van der Waals surface area contributed by atoms with E-state index in [0.717, 1.165) is 39.1 Å². The predicted octanol–water partition coefficient (Wildman–Crippen LogP) is 2.57. The fourth-order valence-corrected chi connectivity index (χ4v) is 4.02. The van der Waals surface area contributed by atoms with Gasteiger partial charge in [0.25, 0.3) is 0 Å². The van der Waals surface area contributed by atoms with Crippen molar-refractivity contribution in [2.24, 2.45) is 7.05 Å². The third-order valence-electron chi connectivity index (χ3n) is 5.30. The maximum Gasteiger partial charge on any atom is 0.0945 e. The number of imidazole rings is 1. The van der Waals surface area contributed by atoms with E-state index < -0.39 is 0 Å². The van der Waals surface area contributed by atoms with Crippen molar-refractivity contribution in [3.05, 3.63) is 48.0 Å². The van der Waals surface area contributed by atoms with Crippen LogP contribution in [0.3, 0.4) is 0 Å². The zero-order valence-corrected chi connectivity index (χ0v) is 14.5. The van der Waals surface area contributed by atoms with Gasteiger partial charge in [-0.3, -0.25) is 4.90 Å². The van der Waals surface area contributed by atoms with Gasteiger partial charge in [-0.15, -0.1) is 0 Å². The van der Waals surface area contributed by atoms with Crippen LogP contribution in [0.15, 0.2) is 36.8 Å². The summed E-state index contributed by atoms with van der Waals surface area (Å²) in [6, 6.07) is 8.98. The highest BCUT2D eigenvalue weighted by molar-refractivity contribution is 5.46. The monoisotopic (exact) mass is 326 g/mol. The van der Waals surface area contributed by atoms with E-state index in [1.54, 1.807) is 0 Å². The number of likely N-dealkylation sites (tertiary alicyclic amines) is 1. The zero-order chi connectivity index (χ0) is 16.6. The van der Waals surface area contributed by atoms with Crippen molar-refractivity contribution in [2.45, 2.75) is 38.0 Å². The first-order valence-electron chi connectivity index (χ1n) is 8.77. The molecule has 2 aromatic rings. The topological polar surface area (TPSA) is 42.3 Å². The number of nitrogens with zero attached hydrogens (tertiary/aromatic N) is 3. The molecule has 0 amide bonds. The van der Waals surface area contributed by atoms with Gasteiger partial charge >= 0.3 is 0 Å². The molecule has 128 valence electrons. The van der Waals surface area contributed by atoms with E-state index in [1.807, 2.05) is 12.5 Å². The number of anilines is 1. The Hall–Kier alpha value is -1.85. The van der Waals surface area contributed by atoms with Crippen LogP contribution in [0.2, 0.25) is 0 Å². The van der Waals surface area contributed by atoms with Gasteiger partial charge < -0.3 is 14.6 Å². The van der Waals surface area contributed by atoms with Crippen molar-refractivity contribution in [1.29, 1.82) is 0 Å². The number of hydrogen-bond acceptors (Lipinski definition) is 4. The number of hydrogen-bond donors (Lipinski definition) is 1. The summed E-state index contributed by atoms with van der Waals surface area (Å²) in [5.74, 6) is 0. The first-order valence-corrected chi connectivity index (χ1v) is 8.77. The van der Waals surface area contributed by atoms with E-state index >= 15 is 0 Å². The van der Waals surface area contributed by atoms with Crippen molar-refractivity contribution in [3.8, 4) is 0 Å². The molecule has 4 rings (SSSR count). The largest absolute Gasteiger partial charge is 0.380 e. The summed E-state index contributed by atoms with van der Waals surface area (Å²) in [5, 5.41) is 3.64. The lowest BCUT2D eigenvalue weighted by Gasteiger charge is -2.23. The Bertz CT molecular complexity index is 713. The van der Waals surface area contributed by atoms with Crippen LogP contribution in [-0.2, 0) is 18.3 Å². The minimum Gasteiger partial charge on any atom is -0.380 e. The summed E-state index contributed by atoms with van der Waals surface area (Å²) < 4.78 is 8.37. The highest BCUT2D eigenvalue weighted by Crippen LogP contribution is 2.36. The van der Waals surface area contributed by atoms with E-state index in [4.69, 9.17) is 4.74 Å². The average Bonchev–Trinajstić information content (AvgIpc) is 3.24. The van der Waals surface area contributed by atoms with E-state index in [0.29, 0.717) is 6.04 Å². The summed E-state index contributed by atoms with van der Waals surface area (Å²) >= 11 is 0. The molecule has 0 radical (unpaired) electrons. The summed E-state index contributed by atoms with van der Waals surface area (Å²) in [6.07, 6.45) is 6.04. The molecule has 1 spiro atoms. The second kappa shape index (κ2) is 6.22. The Morgan fingerprint density at radius 3 is 3.12 bits per heavy atom. The van der Waals surface area contributed by atoms with Gasteiger partial charge in [0.2, 0.25) is 0 Å². The van der Waals surface area contributed by atoms with Gasteiger partial charge in [-0.25, -0.2) is 4.98 Å². The lowest BCUT2D eigenvalue weighted by atomic mass is 9.97. The number of aryl methyl sites for hydroxylation is 2. The van der Waals surface area contributed by atoms with Crippen molar-refractivity contribution in [3.63, 3.8) is 0 Å².